The van der Waals surface area contributed by atoms with Crippen molar-refractivity contribution in [3.63, 3.8) is 0 Å². The van der Waals surface area contributed by atoms with Gasteiger partial charge < -0.3 is 0 Å². The minimum Gasteiger partial charge on any atom is -0.242 e. The van der Waals surface area contributed by atoms with Gasteiger partial charge in [-0.1, -0.05) is 18.1 Å². The third-order valence-electron chi connectivity index (χ3n) is 2.51. The molecule has 10 heteroatoms. The summed E-state index contributed by atoms with van der Waals surface area (Å²) in [7, 11) is 35.1. The second kappa shape index (κ2) is 3.23. The van der Waals surface area contributed by atoms with Crippen LogP contribution < -0.4 is 0 Å². The summed E-state index contributed by atoms with van der Waals surface area (Å²) in [4.78, 5) is 0. The van der Waals surface area contributed by atoms with E-state index in [0.29, 0.717) is 0 Å². The fourth-order valence-electron chi connectivity index (χ4n) is 2.05. The molecule has 0 N–H and O–H groups in total. The average Bonchev–Trinajstić information content (AvgIpc) is 2.43. The lowest BCUT2D eigenvalue weighted by molar-refractivity contribution is 0.463. The Bertz CT molecular complexity index is 378. The van der Waals surface area contributed by atoms with E-state index in [1.54, 1.807) is 0 Å². The Morgan fingerprint density at radius 1 is 1.00 bits per heavy atom. The van der Waals surface area contributed by atoms with Crippen LogP contribution in [0.4, 0.5) is 0 Å². The number of fused-ring (bicyclic) bond motifs is 1. The average molecular weight is 197 g/mol. The Kier molecular flexibility index (Phi) is 2.41. The first-order valence-corrected chi connectivity index (χ1v) is 4.67. The molecule has 0 aliphatic carbocycles. The molecule has 0 bridgehead atoms. The predicted molar refractivity (Wildman–Crippen MR) is 63.9 cm³/mol. The predicted octanol–water partition coefficient (Wildman–Crippen LogP) is -2.64. The highest BCUT2D eigenvalue weighted by atomic mass is 15.6. The van der Waals surface area contributed by atoms with Gasteiger partial charge in [0.15, 0.2) is 0 Å². The summed E-state index contributed by atoms with van der Waals surface area (Å²) in [6.07, 6.45) is 0.116. The Morgan fingerprint density at radius 2 is 1.62 bits per heavy atom. The maximum Gasteiger partial charge on any atom is 0.139 e. The first-order chi connectivity index (χ1) is 7.14. The molecule has 0 aromatic carbocycles. The highest BCUT2D eigenvalue weighted by molar-refractivity contribution is 6.46. The fraction of sp³-hybridized carbons (Fsp3) is 0.833. The molecule has 0 amide bonds. The highest BCUT2D eigenvalue weighted by Crippen LogP contribution is 2.43. The summed E-state index contributed by atoms with van der Waals surface area (Å²) in [5.41, 5.74) is 0. The van der Waals surface area contributed by atoms with Gasteiger partial charge in [0, 0.05) is 0 Å². The minimum absolute atomic E-state index is 0.0498. The lowest BCUT2D eigenvalue weighted by atomic mass is 9.38. The molecule has 2 rings (SSSR count). The van der Waals surface area contributed by atoms with Crippen molar-refractivity contribution in [2.75, 3.05) is 0 Å². The van der Waals surface area contributed by atoms with E-state index < -0.39 is 15.8 Å². The summed E-state index contributed by atoms with van der Waals surface area (Å²) < 4.78 is 1.16. The summed E-state index contributed by atoms with van der Waals surface area (Å²) in [5.74, 6) is 0.162. The second-order valence-corrected chi connectivity index (χ2v) is 4.53. The van der Waals surface area contributed by atoms with Crippen LogP contribution in [0.5, 0.6) is 0 Å². The molecular weight excluding hydrogens is 193 g/mol. The van der Waals surface area contributed by atoms with Crippen molar-refractivity contribution in [3.05, 3.63) is 5.82 Å². The van der Waals surface area contributed by atoms with E-state index >= 15 is 0 Å². The second-order valence-electron chi connectivity index (χ2n) is 4.53. The molecule has 0 fully saturated rings. The van der Waals surface area contributed by atoms with Gasteiger partial charge in [-0.3, -0.25) is 0 Å². The summed E-state index contributed by atoms with van der Waals surface area (Å²) >= 11 is 0. The normalized spacial score (nSPS) is 25.5. The number of hydrogen-bond donors (Lipinski definition) is 0. The van der Waals surface area contributed by atoms with Gasteiger partial charge in [-0.25, -0.2) is 4.68 Å². The van der Waals surface area contributed by atoms with Crippen LogP contribution in [0.3, 0.4) is 0 Å². The maximum absolute atomic E-state index is 5.87. The monoisotopic (exact) mass is 198 g/mol. The van der Waals surface area contributed by atoms with Crippen molar-refractivity contribution in [1.29, 1.82) is 0 Å². The van der Waals surface area contributed by atoms with Crippen LogP contribution in [0.1, 0.15) is 18.7 Å². The van der Waals surface area contributed by atoms with Crippen LogP contribution in [-0.2, 0) is 10.6 Å². The zero-order valence-electron chi connectivity index (χ0n) is 8.67. The third kappa shape index (κ3) is 1.87. The zero-order valence-corrected chi connectivity index (χ0v) is 8.67. The van der Waals surface area contributed by atoms with E-state index in [9.17, 15) is 0 Å². The van der Waals surface area contributed by atoms with Crippen molar-refractivity contribution in [2.45, 2.75) is 28.6 Å². The van der Waals surface area contributed by atoms with Crippen LogP contribution in [0, 0.1) is 0 Å². The molecule has 1 aromatic heterocycles. The van der Waals surface area contributed by atoms with Crippen LogP contribution in [0.2, 0.25) is 5.21 Å². The standard InChI is InChI=1S/C6H4B6N4/c7-4(8)1-5(9,10)3-13-14-15-16(3)6(11,12)2-4/h1-2H2. The fourth-order valence-corrected chi connectivity index (χ4v) is 2.05. The van der Waals surface area contributed by atoms with Crippen LogP contribution in [0.15, 0.2) is 0 Å². The minimum atomic E-state index is -1.41. The number of rotatable bonds is 0. The van der Waals surface area contributed by atoms with Gasteiger partial charge in [0.25, 0.3) is 0 Å². The largest absolute Gasteiger partial charge is 0.242 e. The third-order valence-corrected chi connectivity index (χ3v) is 2.51. The smallest absolute Gasteiger partial charge is 0.139 e. The molecule has 4 nitrogen and oxygen atoms in total. The molecule has 12 radical (unpaired) electrons. The number of aromatic nitrogens is 4. The van der Waals surface area contributed by atoms with E-state index in [1.807, 2.05) is 0 Å². The molecule has 2 heterocycles. The van der Waals surface area contributed by atoms with Gasteiger partial charge in [-0.05, 0) is 21.0 Å². The maximum atomic E-state index is 5.87. The summed E-state index contributed by atoms with van der Waals surface area (Å²) in [6.45, 7) is 0. The Balaban J connectivity index is 2.59. The summed E-state index contributed by atoms with van der Waals surface area (Å²) in [5, 5.41) is 6.84. The highest BCUT2D eigenvalue weighted by Gasteiger charge is 2.42. The quantitative estimate of drug-likeness (QED) is 0.427. The zero-order chi connectivity index (χ0) is 12.2. The van der Waals surface area contributed by atoms with Crippen LogP contribution in [-0.4, -0.2) is 67.3 Å². The van der Waals surface area contributed by atoms with Gasteiger partial charge in [-0.15, -0.1) is 5.10 Å². The lowest BCUT2D eigenvalue weighted by Gasteiger charge is -2.35. The molecule has 1 aliphatic heterocycles. The molecule has 16 heavy (non-hydrogen) atoms. The Morgan fingerprint density at radius 3 is 2.25 bits per heavy atom. The first-order valence-electron chi connectivity index (χ1n) is 4.67. The molecule has 0 saturated heterocycles. The number of tetrazole rings is 1. The SMILES string of the molecule is [B]C1([B])CC([B])([B])c2nnnn2C([B])([B])C1. The van der Waals surface area contributed by atoms with Gasteiger partial charge in [0.1, 0.15) is 5.82 Å². The first kappa shape index (κ1) is 11.9. The lowest BCUT2D eigenvalue weighted by Crippen LogP contribution is -2.39. The van der Waals surface area contributed by atoms with Crippen LogP contribution >= 0.6 is 0 Å². The molecule has 1 aromatic rings. The van der Waals surface area contributed by atoms with E-state index in [1.165, 1.54) is 0 Å². The molecule has 66 valence electrons. The number of nitrogens with zero attached hydrogens (tertiary/aromatic N) is 4. The van der Waals surface area contributed by atoms with E-state index in [-0.39, 0.29) is 18.7 Å². The molecule has 0 spiro atoms. The van der Waals surface area contributed by atoms with Gasteiger partial charge >= 0.3 is 0 Å². The van der Waals surface area contributed by atoms with Gasteiger partial charge in [-0.2, -0.15) is 0 Å². The molecular formula is C6H4B6N4. The Labute approximate surface area is 102 Å². The molecule has 0 atom stereocenters. The van der Waals surface area contributed by atoms with Crippen molar-refractivity contribution >= 4 is 47.1 Å². The van der Waals surface area contributed by atoms with Crippen molar-refractivity contribution in [2.24, 2.45) is 0 Å². The van der Waals surface area contributed by atoms with E-state index in [2.05, 4.69) is 15.5 Å². The van der Waals surface area contributed by atoms with Crippen molar-refractivity contribution in [3.8, 4) is 0 Å². The number of hydrogen-bond acceptors (Lipinski definition) is 3. The molecule has 0 saturated carbocycles. The summed E-state index contributed by atoms with van der Waals surface area (Å²) in [6, 6.07) is 0. The van der Waals surface area contributed by atoms with E-state index in [4.69, 9.17) is 47.1 Å². The van der Waals surface area contributed by atoms with Crippen molar-refractivity contribution in [1.82, 2.24) is 20.2 Å². The van der Waals surface area contributed by atoms with Gasteiger partial charge in [0.2, 0.25) is 0 Å². The van der Waals surface area contributed by atoms with E-state index in [0.717, 1.165) is 4.68 Å². The van der Waals surface area contributed by atoms with Gasteiger partial charge in [0.05, 0.1) is 47.1 Å². The molecule has 1 aliphatic rings. The Hall–Kier alpha value is -0.540. The van der Waals surface area contributed by atoms with Crippen LogP contribution in [0.25, 0.3) is 0 Å². The van der Waals surface area contributed by atoms with Crippen molar-refractivity contribution < 1.29 is 0 Å². The molecule has 0 unspecified atom stereocenters. The topological polar surface area (TPSA) is 43.6 Å².